The monoisotopic (exact) mass is 462 g/mol. The van der Waals surface area contributed by atoms with Crippen molar-refractivity contribution < 1.29 is 18.0 Å². The lowest BCUT2D eigenvalue weighted by molar-refractivity contribution is -0.137. The van der Waals surface area contributed by atoms with Gasteiger partial charge in [-0.25, -0.2) is 9.97 Å². The van der Waals surface area contributed by atoms with Crippen LogP contribution in [0.2, 0.25) is 0 Å². The molecule has 0 saturated heterocycles. The van der Waals surface area contributed by atoms with Crippen LogP contribution in [0.5, 0.6) is 0 Å². The fourth-order valence-corrected chi connectivity index (χ4v) is 5.04. The Labute approximate surface area is 189 Å². The predicted octanol–water partition coefficient (Wildman–Crippen LogP) is 5.53. The van der Waals surface area contributed by atoms with Gasteiger partial charge in [-0.3, -0.25) is 9.36 Å². The van der Waals surface area contributed by atoms with E-state index in [4.69, 9.17) is 0 Å². The first-order valence-corrected chi connectivity index (χ1v) is 11.7. The van der Waals surface area contributed by atoms with E-state index in [1.54, 1.807) is 22.9 Å². The summed E-state index contributed by atoms with van der Waals surface area (Å²) < 4.78 is 40.9. The molecule has 1 aromatic carbocycles. The molecule has 2 heterocycles. The number of benzene rings is 1. The Hall–Kier alpha value is -2.55. The van der Waals surface area contributed by atoms with Crippen molar-refractivity contribution in [2.24, 2.45) is 0 Å². The Morgan fingerprint density at radius 3 is 2.72 bits per heavy atom. The molecule has 170 valence electrons. The van der Waals surface area contributed by atoms with Crippen LogP contribution in [0.15, 0.2) is 47.8 Å². The molecule has 3 aromatic rings. The predicted molar refractivity (Wildman–Crippen MR) is 118 cm³/mol. The van der Waals surface area contributed by atoms with Gasteiger partial charge in [0.25, 0.3) is 0 Å². The Morgan fingerprint density at radius 1 is 1.19 bits per heavy atom. The molecule has 1 fully saturated rings. The van der Waals surface area contributed by atoms with E-state index in [9.17, 15) is 18.0 Å². The number of carbonyl (C=O) groups is 1. The van der Waals surface area contributed by atoms with Crippen LogP contribution in [0.1, 0.15) is 43.2 Å². The minimum atomic E-state index is -4.38. The lowest BCUT2D eigenvalue weighted by atomic mass is 9.94. The third-order valence-corrected chi connectivity index (χ3v) is 6.95. The second-order valence-electron chi connectivity index (χ2n) is 8.11. The number of fused-ring (bicyclic) bond motifs is 1. The van der Waals surface area contributed by atoms with Gasteiger partial charge in [0.1, 0.15) is 12.1 Å². The van der Waals surface area contributed by atoms with Gasteiger partial charge in [0, 0.05) is 25.0 Å². The number of aromatic nitrogens is 3. The molecule has 0 spiro atoms. The van der Waals surface area contributed by atoms with Gasteiger partial charge in [0.05, 0.1) is 5.56 Å². The third-order valence-electron chi connectivity index (χ3n) is 5.90. The molecule has 1 aliphatic rings. The quantitative estimate of drug-likeness (QED) is 0.452. The third kappa shape index (κ3) is 5.09. The van der Waals surface area contributed by atoms with Crippen molar-refractivity contribution in [3.05, 3.63) is 53.7 Å². The molecular weight excluding hydrogens is 437 g/mol. The maximum atomic E-state index is 13.1. The molecular formula is C23H25F3N4OS. The first-order valence-electron chi connectivity index (χ1n) is 10.7. The smallest absolute Gasteiger partial charge is 0.341 e. The van der Waals surface area contributed by atoms with Gasteiger partial charge in [-0.1, -0.05) is 49.2 Å². The van der Waals surface area contributed by atoms with E-state index < -0.39 is 11.7 Å². The average molecular weight is 463 g/mol. The molecule has 0 N–H and O–H groups in total. The number of rotatable bonds is 6. The highest BCUT2D eigenvalue weighted by molar-refractivity contribution is 7.98. The molecule has 9 heteroatoms. The van der Waals surface area contributed by atoms with E-state index in [0.29, 0.717) is 27.6 Å². The summed E-state index contributed by atoms with van der Waals surface area (Å²) in [5.41, 5.74) is 1.13. The summed E-state index contributed by atoms with van der Waals surface area (Å²) >= 11 is 1.31. The summed E-state index contributed by atoms with van der Waals surface area (Å²) in [6.07, 6.45) is 2.78. The van der Waals surface area contributed by atoms with Gasteiger partial charge in [-0.2, -0.15) is 13.2 Å². The minimum Gasteiger partial charge on any atom is -0.341 e. The maximum Gasteiger partial charge on any atom is 0.416 e. The topological polar surface area (TPSA) is 51.0 Å². The van der Waals surface area contributed by atoms with E-state index in [0.717, 1.165) is 37.8 Å². The number of amides is 1. The zero-order valence-electron chi connectivity index (χ0n) is 17.8. The van der Waals surface area contributed by atoms with Crippen molar-refractivity contribution in [2.75, 3.05) is 7.05 Å². The normalized spacial score (nSPS) is 15.2. The first kappa shape index (κ1) is 22.6. The van der Waals surface area contributed by atoms with Gasteiger partial charge >= 0.3 is 6.18 Å². The van der Waals surface area contributed by atoms with E-state index in [1.165, 1.54) is 24.2 Å². The summed E-state index contributed by atoms with van der Waals surface area (Å²) in [7, 11) is 1.85. The highest BCUT2D eigenvalue weighted by atomic mass is 32.2. The average Bonchev–Trinajstić information content (AvgIpc) is 3.14. The van der Waals surface area contributed by atoms with Crippen molar-refractivity contribution in [1.29, 1.82) is 0 Å². The Kier molecular flexibility index (Phi) is 6.74. The first-order chi connectivity index (χ1) is 15.3. The fraction of sp³-hybridized carbons (Fsp3) is 0.435. The second-order valence-corrected chi connectivity index (χ2v) is 9.05. The van der Waals surface area contributed by atoms with Crippen LogP contribution in [0.25, 0.3) is 11.2 Å². The number of carbonyl (C=O) groups excluding carboxylic acids is 1. The fourth-order valence-electron chi connectivity index (χ4n) is 4.09. The van der Waals surface area contributed by atoms with Crippen molar-refractivity contribution in [1.82, 2.24) is 19.4 Å². The number of halogens is 3. The van der Waals surface area contributed by atoms with Gasteiger partial charge < -0.3 is 4.90 Å². The molecule has 0 atom stereocenters. The van der Waals surface area contributed by atoms with E-state index in [2.05, 4.69) is 9.97 Å². The molecule has 4 rings (SSSR count). The molecule has 0 aliphatic heterocycles. The molecule has 0 unspecified atom stereocenters. The standard InChI is InChI=1S/C23H25F3N4OS/c1-29(18-9-3-2-4-10-18)20(31)14-30-21-19(11-6-12-27-21)28-22(30)32-15-16-7-5-8-17(13-16)23(24,25)26/h5-8,11-13,18H,2-4,9-10,14-15H2,1H3. The van der Waals surface area contributed by atoms with Gasteiger partial charge in [0.2, 0.25) is 5.91 Å². The zero-order chi connectivity index (χ0) is 22.7. The molecule has 0 radical (unpaired) electrons. The summed E-state index contributed by atoms with van der Waals surface area (Å²) in [5, 5.41) is 0.571. The summed E-state index contributed by atoms with van der Waals surface area (Å²) in [5.74, 6) is 0.294. The number of hydrogen-bond acceptors (Lipinski definition) is 4. The number of likely N-dealkylation sites (N-methyl/N-ethyl adjacent to an activating group) is 1. The van der Waals surface area contributed by atoms with Crippen molar-refractivity contribution >= 4 is 28.8 Å². The van der Waals surface area contributed by atoms with Crippen LogP contribution in [0.4, 0.5) is 13.2 Å². The van der Waals surface area contributed by atoms with Crippen LogP contribution in [0.3, 0.4) is 0 Å². The Balaban J connectivity index is 1.55. The SMILES string of the molecule is CN(C(=O)Cn1c(SCc2cccc(C(F)(F)F)c2)nc2cccnc21)C1CCCCC1. The summed E-state index contributed by atoms with van der Waals surface area (Å²) in [6.45, 7) is 0.103. The van der Waals surface area contributed by atoms with Crippen LogP contribution >= 0.6 is 11.8 Å². The lowest BCUT2D eigenvalue weighted by Gasteiger charge is -2.31. The van der Waals surface area contributed by atoms with Gasteiger partial charge in [-0.15, -0.1) is 0 Å². The molecule has 1 saturated carbocycles. The lowest BCUT2D eigenvalue weighted by Crippen LogP contribution is -2.40. The van der Waals surface area contributed by atoms with Crippen LogP contribution < -0.4 is 0 Å². The highest BCUT2D eigenvalue weighted by Crippen LogP contribution is 2.32. The van der Waals surface area contributed by atoms with Crippen molar-refractivity contribution in [3.8, 4) is 0 Å². The molecule has 5 nitrogen and oxygen atoms in total. The van der Waals surface area contributed by atoms with E-state index in [1.807, 2.05) is 18.0 Å². The van der Waals surface area contributed by atoms with E-state index >= 15 is 0 Å². The van der Waals surface area contributed by atoms with Crippen LogP contribution in [-0.4, -0.2) is 38.4 Å². The van der Waals surface area contributed by atoms with Crippen molar-refractivity contribution in [3.63, 3.8) is 0 Å². The van der Waals surface area contributed by atoms with Crippen LogP contribution in [0, 0.1) is 0 Å². The van der Waals surface area contributed by atoms with E-state index in [-0.39, 0.29) is 18.5 Å². The number of nitrogens with zero attached hydrogens (tertiary/aromatic N) is 4. The minimum absolute atomic E-state index is 0.0113. The maximum absolute atomic E-state index is 13.1. The van der Waals surface area contributed by atoms with Gasteiger partial charge in [-0.05, 0) is 36.6 Å². The molecule has 1 amide bonds. The molecule has 1 aliphatic carbocycles. The van der Waals surface area contributed by atoms with Crippen LogP contribution in [-0.2, 0) is 23.3 Å². The number of alkyl halides is 3. The number of thioether (sulfide) groups is 1. The Bertz CT molecular complexity index is 1090. The highest BCUT2D eigenvalue weighted by Gasteiger charge is 2.30. The number of imidazole rings is 1. The summed E-state index contributed by atoms with van der Waals surface area (Å²) in [6, 6.07) is 9.13. The zero-order valence-corrected chi connectivity index (χ0v) is 18.6. The molecule has 2 aromatic heterocycles. The Morgan fingerprint density at radius 2 is 1.97 bits per heavy atom. The second kappa shape index (κ2) is 9.52. The molecule has 0 bridgehead atoms. The number of hydrogen-bond donors (Lipinski definition) is 0. The van der Waals surface area contributed by atoms with Gasteiger partial charge in [0.15, 0.2) is 10.8 Å². The number of pyridine rings is 1. The molecule has 32 heavy (non-hydrogen) atoms. The summed E-state index contributed by atoms with van der Waals surface area (Å²) in [4.78, 5) is 23.9. The van der Waals surface area contributed by atoms with Crippen molar-refractivity contribution in [2.45, 2.75) is 61.8 Å². The largest absolute Gasteiger partial charge is 0.416 e.